The van der Waals surface area contributed by atoms with Gasteiger partial charge < -0.3 is 4.74 Å². The molecule has 0 heterocycles. The molecular weight excluding hydrogens is 350 g/mol. The van der Waals surface area contributed by atoms with Gasteiger partial charge in [-0.1, -0.05) is 30.3 Å². The molecule has 1 N–H and O–H groups in total. The van der Waals surface area contributed by atoms with Crippen LogP contribution < -0.4 is 9.46 Å². The minimum atomic E-state index is -4.87. The molecule has 9 heteroatoms. The zero-order chi connectivity index (χ0) is 17.8. The molecule has 0 radical (unpaired) electrons. The molecule has 0 aliphatic heterocycles. The molecule has 0 unspecified atom stereocenters. The maximum atomic E-state index is 12.8. The molecule has 24 heavy (non-hydrogen) atoms. The SMILES string of the molecule is O=S(=O)(Cc1ccc(F)cc1)NCc1ccccc1OC(F)(F)F. The minimum Gasteiger partial charge on any atom is -0.405 e. The molecule has 0 aromatic heterocycles. The third kappa shape index (κ3) is 5.82. The average Bonchev–Trinajstić information content (AvgIpc) is 2.47. The Bertz CT molecular complexity index is 789. The van der Waals surface area contributed by atoms with Crippen LogP contribution >= 0.6 is 0 Å². The Hall–Kier alpha value is -2.13. The van der Waals surface area contributed by atoms with Crippen molar-refractivity contribution in [1.29, 1.82) is 0 Å². The second-order valence-electron chi connectivity index (χ2n) is 4.86. The van der Waals surface area contributed by atoms with Crippen LogP contribution in [0.25, 0.3) is 0 Å². The number of nitrogens with one attached hydrogen (secondary N) is 1. The summed E-state index contributed by atoms with van der Waals surface area (Å²) in [5.41, 5.74) is 0.390. The van der Waals surface area contributed by atoms with Crippen molar-refractivity contribution >= 4 is 10.0 Å². The van der Waals surface area contributed by atoms with E-state index in [2.05, 4.69) is 9.46 Å². The Morgan fingerprint density at radius 3 is 2.25 bits per heavy atom. The molecule has 0 amide bonds. The fourth-order valence-corrected chi connectivity index (χ4v) is 3.02. The zero-order valence-electron chi connectivity index (χ0n) is 12.2. The van der Waals surface area contributed by atoms with E-state index >= 15 is 0 Å². The molecule has 130 valence electrons. The lowest BCUT2D eigenvalue weighted by atomic mass is 10.2. The van der Waals surface area contributed by atoms with Gasteiger partial charge in [-0.15, -0.1) is 13.2 Å². The first-order valence-corrected chi connectivity index (χ1v) is 8.35. The quantitative estimate of drug-likeness (QED) is 0.801. The topological polar surface area (TPSA) is 55.4 Å². The van der Waals surface area contributed by atoms with Gasteiger partial charge in [0.25, 0.3) is 0 Å². The van der Waals surface area contributed by atoms with Crippen molar-refractivity contribution in [3.63, 3.8) is 0 Å². The highest BCUT2D eigenvalue weighted by Gasteiger charge is 2.32. The number of ether oxygens (including phenoxy) is 1. The average molecular weight is 363 g/mol. The highest BCUT2D eigenvalue weighted by molar-refractivity contribution is 7.88. The third-order valence-corrected chi connectivity index (χ3v) is 4.25. The van der Waals surface area contributed by atoms with Crippen LogP contribution in [0.3, 0.4) is 0 Å². The first-order chi connectivity index (χ1) is 11.1. The summed E-state index contributed by atoms with van der Waals surface area (Å²) < 4.78 is 79.8. The van der Waals surface area contributed by atoms with Crippen LogP contribution in [0.15, 0.2) is 48.5 Å². The number of sulfonamides is 1. The summed E-state index contributed by atoms with van der Waals surface area (Å²) in [6, 6.07) is 10.1. The largest absolute Gasteiger partial charge is 0.573 e. The van der Waals surface area contributed by atoms with Gasteiger partial charge in [-0.2, -0.15) is 0 Å². The van der Waals surface area contributed by atoms with Crippen LogP contribution in [-0.2, 0) is 22.3 Å². The predicted octanol–water partition coefficient (Wildman–Crippen LogP) is 3.34. The Balaban J connectivity index is 2.05. The van der Waals surface area contributed by atoms with E-state index in [1.54, 1.807) is 0 Å². The Kier molecular flexibility index (Phi) is 5.45. The maximum Gasteiger partial charge on any atom is 0.573 e. The fourth-order valence-electron chi connectivity index (χ4n) is 1.91. The molecule has 4 nitrogen and oxygen atoms in total. The van der Waals surface area contributed by atoms with Crippen LogP contribution in [0.5, 0.6) is 5.75 Å². The van der Waals surface area contributed by atoms with E-state index in [0.717, 1.165) is 18.2 Å². The Morgan fingerprint density at radius 2 is 1.62 bits per heavy atom. The first-order valence-electron chi connectivity index (χ1n) is 6.70. The van der Waals surface area contributed by atoms with E-state index in [-0.39, 0.29) is 12.1 Å². The number of rotatable bonds is 6. The summed E-state index contributed by atoms with van der Waals surface area (Å²) in [5, 5.41) is 0. The second-order valence-corrected chi connectivity index (χ2v) is 6.67. The van der Waals surface area contributed by atoms with Crippen LogP contribution in [-0.4, -0.2) is 14.8 Å². The van der Waals surface area contributed by atoms with Gasteiger partial charge in [-0.05, 0) is 23.8 Å². The molecule has 0 fully saturated rings. The molecule has 0 saturated heterocycles. The maximum absolute atomic E-state index is 12.8. The van der Waals surface area contributed by atoms with Gasteiger partial charge in [0.2, 0.25) is 10.0 Å². The molecule has 2 aromatic carbocycles. The molecular formula is C15H13F4NO3S. The molecule has 0 atom stereocenters. The van der Waals surface area contributed by atoms with Crippen LogP contribution in [0.4, 0.5) is 17.6 Å². The molecule has 2 rings (SSSR count). The Morgan fingerprint density at radius 1 is 1.00 bits per heavy atom. The van der Waals surface area contributed by atoms with Gasteiger partial charge in [-0.25, -0.2) is 17.5 Å². The lowest BCUT2D eigenvalue weighted by Crippen LogP contribution is -2.25. The van der Waals surface area contributed by atoms with Crippen molar-refractivity contribution in [1.82, 2.24) is 4.72 Å². The molecule has 0 bridgehead atoms. The van der Waals surface area contributed by atoms with Crippen LogP contribution in [0.1, 0.15) is 11.1 Å². The van der Waals surface area contributed by atoms with Crippen LogP contribution in [0, 0.1) is 5.82 Å². The molecule has 0 aliphatic rings. The number of hydrogen-bond donors (Lipinski definition) is 1. The standard InChI is InChI=1S/C15H13F4NO3S/c16-13-7-5-11(6-8-13)10-24(21,22)20-9-12-3-1-2-4-14(12)23-15(17,18)19/h1-8,20H,9-10H2. The lowest BCUT2D eigenvalue weighted by molar-refractivity contribution is -0.274. The number of halogens is 4. The third-order valence-electron chi connectivity index (χ3n) is 2.95. The predicted molar refractivity (Wildman–Crippen MR) is 79.0 cm³/mol. The highest BCUT2D eigenvalue weighted by Crippen LogP contribution is 2.26. The van der Waals surface area contributed by atoms with Gasteiger partial charge in [0, 0.05) is 12.1 Å². The number of para-hydroxylation sites is 1. The van der Waals surface area contributed by atoms with E-state index in [1.807, 2.05) is 0 Å². The summed E-state index contributed by atoms with van der Waals surface area (Å²) in [6.07, 6.45) is -4.87. The highest BCUT2D eigenvalue weighted by atomic mass is 32.2. The van der Waals surface area contributed by atoms with Gasteiger partial charge in [0.05, 0.1) is 5.75 Å². The smallest absolute Gasteiger partial charge is 0.405 e. The van der Waals surface area contributed by atoms with E-state index in [1.165, 1.54) is 30.3 Å². The second kappa shape index (κ2) is 7.18. The number of hydrogen-bond acceptors (Lipinski definition) is 3. The monoisotopic (exact) mass is 363 g/mol. The van der Waals surface area contributed by atoms with Crippen molar-refractivity contribution in [2.75, 3.05) is 0 Å². The Labute approximate surface area is 136 Å². The van der Waals surface area contributed by atoms with E-state index in [0.29, 0.717) is 5.56 Å². The summed E-state index contributed by atoms with van der Waals surface area (Å²) in [6.45, 7) is -0.365. The van der Waals surface area contributed by atoms with E-state index < -0.39 is 33.7 Å². The normalized spacial score (nSPS) is 12.2. The van der Waals surface area contributed by atoms with Crippen molar-refractivity contribution in [3.8, 4) is 5.75 Å². The van der Waals surface area contributed by atoms with Gasteiger partial charge in [-0.3, -0.25) is 0 Å². The number of alkyl halides is 3. The molecule has 0 saturated carbocycles. The first kappa shape index (κ1) is 18.2. The van der Waals surface area contributed by atoms with Crippen molar-refractivity contribution in [2.24, 2.45) is 0 Å². The van der Waals surface area contributed by atoms with Crippen molar-refractivity contribution in [3.05, 3.63) is 65.5 Å². The van der Waals surface area contributed by atoms with Gasteiger partial charge in [0.15, 0.2) is 0 Å². The van der Waals surface area contributed by atoms with Crippen LogP contribution in [0.2, 0.25) is 0 Å². The molecule has 0 spiro atoms. The summed E-state index contributed by atoms with van der Waals surface area (Å²) in [4.78, 5) is 0. The summed E-state index contributed by atoms with van der Waals surface area (Å²) >= 11 is 0. The van der Waals surface area contributed by atoms with Gasteiger partial charge >= 0.3 is 6.36 Å². The minimum absolute atomic E-state index is 0.0394. The zero-order valence-corrected chi connectivity index (χ0v) is 13.0. The number of benzene rings is 2. The van der Waals surface area contributed by atoms with Gasteiger partial charge in [0.1, 0.15) is 11.6 Å². The van der Waals surface area contributed by atoms with E-state index in [9.17, 15) is 26.0 Å². The fraction of sp³-hybridized carbons (Fsp3) is 0.200. The van der Waals surface area contributed by atoms with Crippen molar-refractivity contribution in [2.45, 2.75) is 18.7 Å². The summed E-state index contributed by atoms with van der Waals surface area (Å²) in [7, 11) is -3.82. The van der Waals surface area contributed by atoms with E-state index in [4.69, 9.17) is 0 Å². The molecule has 2 aromatic rings. The lowest BCUT2D eigenvalue weighted by Gasteiger charge is -2.13. The molecule has 0 aliphatic carbocycles. The summed E-state index contributed by atoms with van der Waals surface area (Å²) in [5.74, 6) is -1.40. The van der Waals surface area contributed by atoms with Crippen molar-refractivity contribution < 1.29 is 30.7 Å².